The van der Waals surface area contributed by atoms with E-state index in [-0.39, 0.29) is 5.82 Å². The van der Waals surface area contributed by atoms with E-state index in [1.54, 1.807) is 23.6 Å². The van der Waals surface area contributed by atoms with Crippen LogP contribution in [0.2, 0.25) is 0 Å². The molecule has 3 aromatic carbocycles. The number of thiazole rings is 1. The van der Waals surface area contributed by atoms with Crippen LogP contribution in [0.4, 0.5) is 21.5 Å². The van der Waals surface area contributed by atoms with Gasteiger partial charge < -0.3 is 15.5 Å². The molecule has 176 valence electrons. The van der Waals surface area contributed by atoms with Crippen LogP contribution in [0.15, 0.2) is 72.4 Å². The Morgan fingerprint density at radius 3 is 2.63 bits per heavy atom. The third-order valence-electron chi connectivity index (χ3n) is 6.72. The summed E-state index contributed by atoms with van der Waals surface area (Å²) in [6.45, 7) is 2.13. The number of halogens is 1. The molecule has 5 nitrogen and oxygen atoms in total. The second-order valence-corrected chi connectivity index (χ2v) is 10.1. The zero-order valence-electron chi connectivity index (χ0n) is 19.5. The van der Waals surface area contributed by atoms with Gasteiger partial charge in [0.25, 0.3) is 0 Å². The van der Waals surface area contributed by atoms with Crippen LogP contribution in [0.5, 0.6) is 0 Å². The third-order valence-corrected chi connectivity index (χ3v) is 7.53. The average Bonchev–Trinajstić information content (AvgIpc) is 3.34. The Kier molecular flexibility index (Phi) is 5.80. The normalized spacial score (nSPS) is 15.0. The molecule has 35 heavy (non-hydrogen) atoms. The van der Waals surface area contributed by atoms with Crippen molar-refractivity contribution in [3.05, 3.63) is 78.2 Å². The van der Waals surface area contributed by atoms with Crippen molar-refractivity contribution in [1.82, 2.24) is 14.9 Å². The van der Waals surface area contributed by atoms with Crippen molar-refractivity contribution < 1.29 is 4.39 Å². The van der Waals surface area contributed by atoms with E-state index in [9.17, 15) is 0 Å². The first-order valence-electron chi connectivity index (χ1n) is 11.9. The van der Waals surface area contributed by atoms with Crippen LogP contribution >= 0.6 is 11.3 Å². The topological polar surface area (TPSA) is 53.1 Å². The molecule has 1 fully saturated rings. The molecular weight excluding hydrogens is 457 g/mol. The van der Waals surface area contributed by atoms with Gasteiger partial charge in [0.2, 0.25) is 0 Å². The van der Waals surface area contributed by atoms with Crippen LogP contribution < -0.4 is 10.6 Å². The molecule has 1 aliphatic rings. The van der Waals surface area contributed by atoms with Gasteiger partial charge in [-0.25, -0.2) is 9.37 Å². The van der Waals surface area contributed by atoms with Gasteiger partial charge in [-0.1, -0.05) is 6.07 Å². The van der Waals surface area contributed by atoms with Gasteiger partial charge in [-0.15, -0.1) is 11.3 Å². The lowest BCUT2D eigenvalue weighted by molar-refractivity contribution is 0.264. The quantitative estimate of drug-likeness (QED) is 0.285. The zero-order valence-corrected chi connectivity index (χ0v) is 20.3. The van der Waals surface area contributed by atoms with Crippen LogP contribution in [0.1, 0.15) is 12.8 Å². The molecule has 0 radical (unpaired) electrons. The first-order valence-corrected chi connectivity index (χ1v) is 12.7. The number of likely N-dealkylation sites (tertiary alicyclic amines) is 1. The predicted molar refractivity (Wildman–Crippen MR) is 144 cm³/mol. The third kappa shape index (κ3) is 4.57. The van der Waals surface area contributed by atoms with Gasteiger partial charge in [0.1, 0.15) is 5.82 Å². The Hall–Kier alpha value is -3.55. The fraction of sp³-hybridized carbons (Fsp3) is 0.214. The van der Waals surface area contributed by atoms with Gasteiger partial charge in [0.15, 0.2) is 0 Å². The van der Waals surface area contributed by atoms with Gasteiger partial charge in [-0.3, -0.25) is 4.98 Å². The summed E-state index contributed by atoms with van der Waals surface area (Å²) < 4.78 is 16.4. The lowest BCUT2D eigenvalue weighted by Gasteiger charge is -2.30. The number of piperidine rings is 1. The summed E-state index contributed by atoms with van der Waals surface area (Å²) in [6.07, 6.45) is 3.93. The Morgan fingerprint density at radius 1 is 0.914 bits per heavy atom. The minimum Gasteiger partial charge on any atom is -0.382 e. The van der Waals surface area contributed by atoms with Crippen molar-refractivity contribution >= 4 is 49.5 Å². The molecule has 2 aromatic heterocycles. The fourth-order valence-corrected chi connectivity index (χ4v) is 5.40. The van der Waals surface area contributed by atoms with E-state index in [1.807, 2.05) is 54.0 Å². The lowest BCUT2D eigenvalue weighted by atomic mass is 10.0. The lowest BCUT2D eigenvalue weighted by Crippen LogP contribution is -2.36. The second kappa shape index (κ2) is 9.24. The molecule has 5 aromatic rings. The molecule has 7 heteroatoms. The Bertz CT molecular complexity index is 1510. The van der Waals surface area contributed by atoms with Crippen LogP contribution in [0.3, 0.4) is 0 Å². The van der Waals surface area contributed by atoms with Crippen molar-refractivity contribution in [3.63, 3.8) is 0 Å². The van der Waals surface area contributed by atoms with Gasteiger partial charge in [-0.05, 0) is 93.1 Å². The zero-order chi connectivity index (χ0) is 23.8. The number of nitrogens with one attached hydrogen (secondary N) is 2. The van der Waals surface area contributed by atoms with Gasteiger partial charge >= 0.3 is 0 Å². The molecule has 1 saturated heterocycles. The monoisotopic (exact) mass is 483 g/mol. The SMILES string of the molecule is CN1CCC(Nc2ccc(-c3ccc4nccc(Nc5ccc6scnc6c5)c4c3)c(F)c2)CC1. The van der Waals surface area contributed by atoms with E-state index in [4.69, 9.17) is 0 Å². The van der Waals surface area contributed by atoms with Crippen molar-refractivity contribution in [2.45, 2.75) is 18.9 Å². The molecule has 0 unspecified atom stereocenters. The highest BCUT2D eigenvalue weighted by Gasteiger charge is 2.17. The average molecular weight is 484 g/mol. The maximum atomic E-state index is 15.2. The smallest absolute Gasteiger partial charge is 0.133 e. The van der Waals surface area contributed by atoms with E-state index < -0.39 is 0 Å². The Balaban J connectivity index is 1.28. The molecule has 0 saturated carbocycles. The molecule has 3 heterocycles. The number of hydrogen-bond donors (Lipinski definition) is 2. The second-order valence-electron chi connectivity index (χ2n) is 9.17. The number of benzene rings is 3. The minimum atomic E-state index is -0.227. The number of anilines is 3. The highest BCUT2D eigenvalue weighted by Crippen LogP contribution is 2.33. The highest BCUT2D eigenvalue weighted by atomic mass is 32.1. The number of nitrogens with zero attached hydrogens (tertiary/aromatic N) is 3. The molecule has 0 spiro atoms. The Labute approximate surface area is 207 Å². The standard InChI is InChI=1S/C28H26FN5S/c1-34-12-9-19(10-13-34)32-20-3-5-22(24(29)15-20)18-2-6-25-23(14-18)26(8-11-30-25)33-21-4-7-28-27(16-21)31-17-35-28/h2-8,11,14-17,19,32H,9-10,12-13H2,1H3,(H,30,33). The highest BCUT2D eigenvalue weighted by molar-refractivity contribution is 7.16. The van der Waals surface area contributed by atoms with Crippen molar-refractivity contribution in [2.75, 3.05) is 30.8 Å². The van der Waals surface area contributed by atoms with E-state index in [0.717, 1.165) is 69.7 Å². The van der Waals surface area contributed by atoms with Crippen LogP contribution in [-0.2, 0) is 0 Å². The summed E-state index contributed by atoms with van der Waals surface area (Å²) in [6, 6.07) is 19.8. The maximum Gasteiger partial charge on any atom is 0.133 e. The van der Waals surface area contributed by atoms with Crippen LogP contribution in [0, 0.1) is 5.82 Å². The number of aromatic nitrogens is 2. The summed E-state index contributed by atoms with van der Waals surface area (Å²) >= 11 is 1.63. The molecule has 2 N–H and O–H groups in total. The number of pyridine rings is 1. The first-order chi connectivity index (χ1) is 17.1. The van der Waals surface area contributed by atoms with E-state index in [0.29, 0.717) is 11.6 Å². The van der Waals surface area contributed by atoms with Gasteiger partial charge in [-0.2, -0.15) is 0 Å². The van der Waals surface area contributed by atoms with E-state index >= 15 is 4.39 Å². The molecule has 1 aliphatic heterocycles. The number of hydrogen-bond acceptors (Lipinski definition) is 6. The fourth-order valence-electron chi connectivity index (χ4n) is 4.74. The maximum absolute atomic E-state index is 15.2. The molecular formula is C28H26FN5S. The molecule has 0 atom stereocenters. The number of rotatable bonds is 5. The summed E-state index contributed by atoms with van der Waals surface area (Å²) in [5.74, 6) is -0.227. The van der Waals surface area contributed by atoms with Crippen molar-refractivity contribution in [2.24, 2.45) is 0 Å². The van der Waals surface area contributed by atoms with Crippen LogP contribution in [-0.4, -0.2) is 41.0 Å². The van der Waals surface area contributed by atoms with Gasteiger partial charge in [0.05, 0.1) is 21.2 Å². The molecule has 6 rings (SSSR count). The summed E-state index contributed by atoms with van der Waals surface area (Å²) in [7, 11) is 2.14. The van der Waals surface area contributed by atoms with E-state index in [2.05, 4.69) is 38.6 Å². The number of fused-ring (bicyclic) bond motifs is 2. The summed E-state index contributed by atoms with van der Waals surface area (Å²) in [4.78, 5) is 11.3. The first kappa shape index (κ1) is 21.9. The van der Waals surface area contributed by atoms with E-state index in [1.165, 1.54) is 0 Å². The summed E-state index contributed by atoms with van der Waals surface area (Å²) in [5.41, 5.74) is 7.80. The van der Waals surface area contributed by atoms with Crippen molar-refractivity contribution in [3.8, 4) is 11.1 Å². The minimum absolute atomic E-state index is 0.227. The molecule has 0 amide bonds. The molecule has 0 aliphatic carbocycles. The van der Waals surface area contributed by atoms with Gasteiger partial charge in [0, 0.05) is 40.3 Å². The molecule has 0 bridgehead atoms. The van der Waals surface area contributed by atoms with Crippen molar-refractivity contribution in [1.29, 1.82) is 0 Å². The predicted octanol–water partition coefficient (Wildman–Crippen LogP) is 6.90. The van der Waals surface area contributed by atoms with Crippen LogP contribution in [0.25, 0.3) is 32.2 Å². The summed E-state index contributed by atoms with van der Waals surface area (Å²) in [5, 5.41) is 7.94. The Morgan fingerprint density at radius 2 is 1.77 bits per heavy atom. The largest absolute Gasteiger partial charge is 0.382 e.